The second-order valence-corrected chi connectivity index (χ2v) is 2.70. The highest BCUT2D eigenvalue weighted by atomic mass is 16.3. The summed E-state index contributed by atoms with van der Waals surface area (Å²) in [6.07, 6.45) is 0. The first kappa shape index (κ1) is 8.78. The third-order valence-corrected chi connectivity index (χ3v) is 1.65. The van der Waals surface area contributed by atoms with Crippen molar-refractivity contribution in [3.8, 4) is 0 Å². The molecule has 0 aliphatic heterocycles. The van der Waals surface area contributed by atoms with E-state index in [0.717, 1.165) is 17.0 Å². The van der Waals surface area contributed by atoms with Gasteiger partial charge in [-0.15, -0.1) is 0 Å². The molecule has 2 rings (SSSR count). The van der Waals surface area contributed by atoms with Crippen molar-refractivity contribution in [2.75, 3.05) is 0 Å². The summed E-state index contributed by atoms with van der Waals surface area (Å²) in [5.41, 5.74) is 3.03. The Morgan fingerprint density at radius 3 is 2.75 bits per heavy atom. The zero-order chi connectivity index (χ0) is 7.84. The third-order valence-electron chi connectivity index (χ3n) is 1.65. The summed E-state index contributed by atoms with van der Waals surface area (Å²) in [7, 11) is 0. The average molecular weight is 163 g/mol. The van der Waals surface area contributed by atoms with Gasteiger partial charge >= 0.3 is 0 Å². The molecule has 0 atom stereocenters. The molecule has 0 saturated carbocycles. The first-order valence-electron chi connectivity index (χ1n) is 3.59. The van der Waals surface area contributed by atoms with Crippen LogP contribution in [0.1, 0.15) is 18.9 Å². The Balaban J connectivity index is 0.000000720. The van der Waals surface area contributed by atoms with Crippen LogP contribution in [0.5, 0.6) is 0 Å². The SMILES string of the molecule is C.Cc1ccc2oc(C)nc2c1. The fourth-order valence-electron chi connectivity index (χ4n) is 1.15. The molecule has 64 valence electrons. The molecule has 2 nitrogen and oxygen atoms in total. The number of hydrogen-bond donors (Lipinski definition) is 0. The molecule has 0 saturated heterocycles. The van der Waals surface area contributed by atoms with E-state index in [0.29, 0.717) is 0 Å². The van der Waals surface area contributed by atoms with E-state index >= 15 is 0 Å². The summed E-state index contributed by atoms with van der Waals surface area (Å²) in [4.78, 5) is 4.21. The Labute approximate surface area is 72.2 Å². The van der Waals surface area contributed by atoms with Gasteiger partial charge < -0.3 is 4.42 Å². The minimum Gasteiger partial charge on any atom is -0.441 e. The molecule has 0 aliphatic carbocycles. The number of hydrogen-bond acceptors (Lipinski definition) is 2. The molecular weight excluding hydrogens is 150 g/mol. The molecule has 1 aromatic carbocycles. The van der Waals surface area contributed by atoms with Crippen molar-refractivity contribution in [2.24, 2.45) is 0 Å². The van der Waals surface area contributed by atoms with Crippen molar-refractivity contribution < 1.29 is 4.42 Å². The average Bonchev–Trinajstić information content (AvgIpc) is 2.27. The van der Waals surface area contributed by atoms with E-state index in [9.17, 15) is 0 Å². The van der Waals surface area contributed by atoms with Gasteiger partial charge in [0.25, 0.3) is 0 Å². The van der Waals surface area contributed by atoms with Crippen molar-refractivity contribution in [3.63, 3.8) is 0 Å². The van der Waals surface area contributed by atoms with Crippen LogP contribution in [0, 0.1) is 13.8 Å². The van der Waals surface area contributed by atoms with Crippen molar-refractivity contribution in [3.05, 3.63) is 29.7 Å². The van der Waals surface area contributed by atoms with E-state index < -0.39 is 0 Å². The van der Waals surface area contributed by atoms with Gasteiger partial charge in [-0.25, -0.2) is 4.98 Å². The van der Waals surface area contributed by atoms with E-state index in [4.69, 9.17) is 4.42 Å². The highest BCUT2D eigenvalue weighted by Gasteiger charge is 1.99. The monoisotopic (exact) mass is 163 g/mol. The lowest BCUT2D eigenvalue weighted by Crippen LogP contribution is -1.71. The largest absolute Gasteiger partial charge is 0.441 e. The lowest BCUT2D eigenvalue weighted by molar-refractivity contribution is 0.561. The Bertz CT molecular complexity index is 390. The molecule has 12 heavy (non-hydrogen) atoms. The van der Waals surface area contributed by atoms with Crippen molar-refractivity contribution in [1.82, 2.24) is 4.98 Å². The smallest absolute Gasteiger partial charge is 0.192 e. The molecule has 2 heteroatoms. The Hall–Kier alpha value is -1.31. The van der Waals surface area contributed by atoms with E-state index in [1.165, 1.54) is 5.56 Å². The fraction of sp³-hybridized carbons (Fsp3) is 0.300. The zero-order valence-electron chi connectivity index (χ0n) is 6.59. The molecule has 2 aromatic rings. The van der Waals surface area contributed by atoms with Crippen LogP contribution in [0.15, 0.2) is 22.6 Å². The van der Waals surface area contributed by atoms with Crippen LogP contribution < -0.4 is 0 Å². The van der Waals surface area contributed by atoms with Crippen molar-refractivity contribution in [2.45, 2.75) is 21.3 Å². The van der Waals surface area contributed by atoms with Gasteiger partial charge in [0.05, 0.1) is 0 Å². The van der Waals surface area contributed by atoms with Crippen LogP contribution >= 0.6 is 0 Å². The molecule has 0 spiro atoms. The summed E-state index contributed by atoms with van der Waals surface area (Å²) >= 11 is 0. The number of fused-ring (bicyclic) bond motifs is 1. The molecule has 1 heterocycles. The Morgan fingerprint density at radius 2 is 2.00 bits per heavy atom. The van der Waals surface area contributed by atoms with Gasteiger partial charge in [0.15, 0.2) is 11.5 Å². The lowest BCUT2D eigenvalue weighted by atomic mass is 10.2. The maximum Gasteiger partial charge on any atom is 0.192 e. The number of rotatable bonds is 0. The highest BCUT2D eigenvalue weighted by molar-refractivity contribution is 5.73. The third kappa shape index (κ3) is 1.33. The van der Waals surface area contributed by atoms with Gasteiger partial charge in [-0.1, -0.05) is 13.5 Å². The molecule has 0 aliphatic rings. The van der Waals surface area contributed by atoms with Crippen LogP contribution in [0.25, 0.3) is 11.1 Å². The van der Waals surface area contributed by atoms with Gasteiger partial charge in [0.2, 0.25) is 0 Å². The first-order chi connectivity index (χ1) is 5.25. The van der Waals surface area contributed by atoms with E-state index in [2.05, 4.69) is 4.98 Å². The maximum absolute atomic E-state index is 5.31. The topological polar surface area (TPSA) is 26.0 Å². The first-order valence-corrected chi connectivity index (χ1v) is 3.59. The van der Waals surface area contributed by atoms with Crippen LogP contribution in [-0.4, -0.2) is 4.98 Å². The molecular formula is C10H13NO. The molecule has 0 amide bonds. The Morgan fingerprint density at radius 1 is 1.25 bits per heavy atom. The fourth-order valence-corrected chi connectivity index (χ4v) is 1.15. The molecule has 0 radical (unpaired) electrons. The normalized spacial score (nSPS) is 9.83. The van der Waals surface area contributed by atoms with Crippen LogP contribution in [-0.2, 0) is 0 Å². The number of oxazole rings is 1. The predicted octanol–water partition coefficient (Wildman–Crippen LogP) is 3.08. The second kappa shape index (κ2) is 2.97. The zero-order valence-corrected chi connectivity index (χ0v) is 6.59. The van der Waals surface area contributed by atoms with Gasteiger partial charge in [0.1, 0.15) is 5.52 Å². The van der Waals surface area contributed by atoms with Crippen molar-refractivity contribution in [1.29, 1.82) is 0 Å². The summed E-state index contributed by atoms with van der Waals surface area (Å²) in [5, 5.41) is 0. The van der Waals surface area contributed by atoms with Gasteiger partial charge in [0, 0.05) is 6.92 Å². The highest BCUT2D eigenvalue weighted by Crippen LogP contribution is 2.15. The molecule has 0 bridgehead atoms. The minimum atomic E-state index is 0. The quantitative estimate of drug-likeness (QED) is 0.596. The van der Waals surface area contributed by atoms with Crippen LogP contribution in [0.2, 0.25) is 0 Å². The van der Waals surface area contributed by atoms with E-state index in [-0.39, 0.29) is 7.43 Å². The lowest BCUT2D eigenvalue weighted by Gasteiger charge is -1.87. The van der Waals surface area contributed by atoms with Gasteiger partial charge in [-0.05, 0) is 24.6 Å². The number of benzene rings is 1. The molecule has 1 aromatic heterocycles. The molecule has 0 N–H and O–H groups in total. The summed E-state index contributed by atoms with van der Waals surface area (Å²) in [5.74, 6) is 0.727. The molecule has 0 unspecified atom stereocenters. The number of nitrogens with zero attached hydrogens (tertiary/aromatic N) is 1. The minimum absolute atomic E-state index is 0. The summed E-state index contributed by atoms with van der Waals surface area (Å²) < 4.78 is 5.31. The van der Waals surface area contributed by atoms with E-state index in [1.54, 1.807) is 0 Å². The van der Waals surface area contributed by atoms with Crippen LogP contribution in [0.3, 0.4) is 0 Å². The second-order valence-electron chi connectivity index (χ2n) is 2.70. The van der Waals surface area contributed by atoms with E-state index in [1.807, 2.05) is 32.0 Å². The Kier molecular flexibility index (Phi) is 2.18. The van der Waals surface area contributed by atoms with Crippen LogP contribution in [0.4, 0.5) is 0 Å². The summed E-state index contributed by atoms with van der Waals surface area (Å²) in [6.45, 7) is 3.90. The van der Waals surface area contributed by atoms with Gasteiger partial charge in [-0.2, -0.15) is 0 Å². The number of aromatic nitrogens is 1. The number of aryl methyl sites for hydroxylation is 2. The predicted molar refractivity (Wildman–Crippen MR) is 50.2 cm³/mol. The van der Waals surface area contributed by atoms with Crippen molar-refractivity contribution >= 4 is 11.1 Å². The van der Waals surface area contributed by atoms with Gasteiger partial charge in [-0.3, -0.25) is 0 Å². The maximum atomic E-state index is 5.31. The molecule has 0 fully saturated rings. The summed E-state index contributed by atoms with van der Waals surface area (Å²) in [6, 6.07) is 5.99. The standard InChI is InChI=1S/C9H9NO.CH4/c1-6-3-4-9-8(5-6)10-7(2)11-9;/h3-5H,1-2H3;1H4.